The fourth-order valence-electron chi connectivity index (χ4n) is 2.49. The van der Waals surface area contributed by atoms with Crippen molar-refractivity contribution >= 4 is 11.6 Å². The quantitative estimate of drug-likeness (QED) is 0.638. The lowest BCUT2D eigenvalue weighted by Gasteiger charge is -2.23. The highest BCUT2D eigenvalue weighted by Crippen LogP contribution is 2.29. The topological polar surface area (TPSA) is 102 Å². The van der Waals surface area contributed by atoms with Crippen molar-refractivity contribution in [2.75, 3.05) is 6.61 Å². The number of hydrogen-bond acceptors (Lipinski definition) is 5. The Morgan fingerprint density at radius 3 is 2.95 bits per heavy atom. The van der Waals surface area contributed by atoms with Gasteiger partial charge < -0.3 is 15.2 Å². The molecule has 114 valence electrons. The van der Waals surface area contributed by atoms with E-state index in [4.69, 9.17) is 4.74 Å². The zero-order valence-corrected chi connectivity index (χ0v) is 11.7. The van der Waals surface area contributed by atoms with Gasteiger partial charge in [-0.1, -0.05) is 13.0 Å². The lowest BCUT2D eigenvalue weighted by atomic mass is 10.0. The lowest BCUT2D eigenvalue weighted by Crippen LogP contribution is -2.42. The van der Waals surface area contributed by atoms with E-state index < -0.39 is 22.3 Å². The Kier molecular flexibility index (Phi) is 4.74. The third-order valence-corrected chi connectivity index (χ3v) is 3.63. The van der Waals surface area contributed by atoms with Crippen LogP contribution in [0.4, 0.5) is 5.69 Å². The molecule has 1 amide bonds. The van der Waals surface area contributed by atoms with Crippen molar-refractivity contribution in [2.45, 2.75) is 38.3 Å². The zero-order valence-electron chi connectivity index (χ0n) is 11.7. The van der Waals surface area contributed by atoms with Gasteiger partial charge in [-0.15, -0.1) is 0 Å². The third kappa shape index (κ3) is 3.30. The Morgan fingerprint density at radius 1 is 1.62 bits per heavy atom. The van der Waals surface area contributed by atoms with Crippen molar-refractivity contribution in [3.63, 3.8) is 0 Å². The van der Waals surface area contributed by atoms with Gasteiger partial charge in [0.2, 0.25) is 5.75 Å². The van der Waals surface area contributed by atoms with Crippen LogP contribution in [0.5, 0.6) is 5.75 Å². The number of phenols is 1. The van der Waals surface area contributed by atoms with Crippen LogP contribution in [0.2, 0.25) is 0 Å². The number of phenolic OH excluding ortho intramolecular Hbond substituents is 1. The molecule has 1 aromatic carbocycles. The highest BCUT2D eigenvalue weighted by Gasteiger charge is 2.28. The van der Waals surface area contributed by atoms with Crippen LogP contribution in [0.3, 0.4) is 0 Å². The molecule has 2 rings (SSSR count). The van der Waals surface area contributed by atoms with Crippen LogP contribution >= 0.6 is 0 Å². The molecule has 1 heterocycles. The Labute approximate surface area is 122 Å². The largest absolute Gasteiger partial charge is 0.502 e. The Balaban J connectivity index is 2.16. The molecule has 0 spiro atoms. The van der Waals surface area contributed by atoms with Gasteiger partial charge in [0, 0.05) is 12.7 Å². The summed E-state index contributed by atoms with van der Waals surface area (Å²) in [4.78, 5) is 22.3. The molecule has 0 saturated carbocycles. The molecule has 2 unspecified atom stereocenters. The molecule has 1 aromatic rings. The van der Waals surface area contributed by atoms with E-state index in [2.05, 4.69) is 5.32 Å². The van der Waals surface area contributed by atoms with Gasteiger partial charge in [-0.25, -0.2) is 0 Å². The average molecular weight is 294 g/mol. The molecule has 2 atom stereocenters. The number of para-hydroxylation sites is 1. The highest BCUT2D eigenvalue weighted by molar-refractivity contribution is 5.98. The molecule has 2 N–H and O–H groups in total. The number of amides is 1. The van der Waals surface area contributed by atoms with Gasteiger partial charge >= 0.3 is 5.69 Å². The van der Waals surface area contributed by atoms with Gasteiger partial charge in [0.1, 0.15) is 0 Å². The molecule has 1 fully saturated rings. The third-order valence-electron chi connectivity index (χ3n) is 3.63. The first kappa shape index (κ1) is 15.2. The molecule has 7 heteroatoms. The number of nitro benzene ring substituents is 1. The molecule has 1 aliphatic heterocycles. The molecule has 0 radical (unpaired) electrons. The van der Waals surface area contributed by atoms with Gasteiger partial charge in [0.25, 0.3) is 5.91 Å². The normalized spacial score (nSPS) is 19.2. The predicted molar refractivity (Wildman–Crippen MR) is 75.3 cm³/mol. The first-order chi connectivity index (χ1) is 10.0. The smallest absolute Gasteiger partial charge is 0.311 e. The summed E-state index contributed by atoms with van der Waals surface area (Å²) in [7, 11) is 0. The molecule has 21 heavy (non-hydrogen) atoms. The van der Waals surface area contributed by atoms with Gasteiger partial charge in [0.05, 0.1) is 22.6 Å². The number of rotatable bonds is 5. The fraction of sp³-hybridized carbons (Fsp3) is 0.500. The number of benzene rings is 1. The summed E-state index contributed by atoms with van der Waals surface area (Å²) in [5.74, 6) is -1.14. The van der Waals surface area contributed by atoms with Crippen molar-refractivity contribution < 1.29 is 19.6 Å². The fourth-order valence-corrected chi connectivity index (χ4v) is 2.49. The minimum atomic E-state index is -0.719. The monoisotopic (exact) mass is 294 g/mol. The minimum absolute atomic E-state index is 0.0419. The van der Waals surface area contributed by atoms with Crippen LogP contribution in [0.25, 0.3) is 0 Å². The first-order valence-corrected chi connectivity index (χ1v) is 6.93. The number of aromatic hydroxyl groups is 1. The molecular weight excluding hydrogens is 276 g/mol. The van der Waals surface area contributed by atoms with Gasteiger partial charge in [0.15, 0.2) is 0 Å². The lowest BCUT2D eigenvalue weighted by molar-refractivity contribution is -0.385. The summed E-state index contributed by atoms with van der Waals surface area (Å²) in [5, 5.41) is 23.4. The molecule has 1 saturated heterocycles. The average Bonchev–Trinajstić information content (AvgIpc) is 2.98. The summed E-state index contributed by atoms with van der Waals surface area (Å²) in [6, 6.07) is 3.72. The van der Waals surface area contributed by atoms with Crippen LogP contribution in [-0.2, 0) is 4.74 Å². The van der Waals surface area contributed by atoms with E-state index in [1.165, 1.54) is 12.1 Å². The van der Waals surface area contributed by atoms with Gasteiger partial charge in [-0.2, -0.15) is 0 Å². The number of carbonyl (C=O) groups excluding carboxylic acids is 1. The van der Waals surface area contributed by atoms with Gasteiger partial charge in [-0.3, -0.25) is 14.9 Å². The van der Waals surface area contributed by atoms with Crippen molar-refractivity contribution in [3.8, 4) is 5.75 Å². The molecule has 0 aliphatic carbocycles. The summed E-state index contributed by atoms with van der Waals surface area (Å²) in [6.07, 6.45) is 2.48. The van der Waals surface area contributed by atoms with Crippen LogP contribution in [-0.4, -0.2) is 34.7 Å². The maximum Gasteiger partial charge on any atom is 0.311 e. The van der Waals surface area contributed by atoms with E-state index in [0.717, 1.165) is 18.9 Å². The van der Waals surface area contributed by atoms with Crippen molar-refractivity contribution in [3.05, 3.63) is 33.9 Å². The number of nitrogens with zero attached hydrogens (tertiary/aromatic N) is 1. The molecular formula is C14H18N2O5. The van der Waals surface area contributed by atoms with E-state index in [0.29, 0.717) is 13.0 Å². The van der Waals surface area contributed by atoms with Crippen LogP contribution in [0, 0.1) is 10.1 Å². The number of nitrogens with one attached hydrogen (secondary N) is 1. The van der Waals surface area contributed by atoms with Crippen LogP contribution < -0.4 is 5.32 Å². The molecule has 7 nitrogen and oxygen atoms in total. The standard InChI is InChI=1S/C14H18N2O5/c1-2-10(12-7-4-8-21-12)15-14(18)9-5-3-6-11(13(9)17)16(19)20/h3,5-6,10,12,17H,2,4,7-8H2,1H3,(H,15,18). The van der Waals surface area contributed by atoms with Crippen LogP contribution in [0.15, 0.2) is 18.2 Å². The Morgan fingerprint density at radius 2 is 2.38 bits per heavy atom. The van der Waals surface area contributed by atoms with Gasteiger partial charge in [-0.05, 0) is 25.3 Å². The van der Waals surface area contributed by atoms with E-state index in [9.17, 15) is 20.0 Å². The van der Waals surface area contributed by atoms with E-state index in [-0.39, 0.29) is 17.7 Å². The second kappa shape index (κ2) is 6.53. The van der Waals surface area contributed by atoms with Crippen molar-refractivity contribution in [1.29, 1.82) is 0 Å². The van der Waals surface area contributed by atoms with E-state index >= 15 is 0 Å². The van der Waals surface area contributed by atoms with Crippen LogP contribution in [0.1, 0.15) is 36.5 Å². The molecule has 0 bridgehead atoms. The SMILES string of the molecule is CCC(NC(=O)c1cccc([N+](=O)[O-])c1O)C1CCCO1. The summed E-state index contributed by atoms with van der Waals surface area (Å²) >= 11 is 0. The highest BCUT2D eigenvalue weighted by atomic mass is 16.6. The number of carbonyl (C=O) groups is 1. The number of hydrogen-bond donors (Lipinski definition) is 2. The minimum Gasteiger partial charge on any atom is -0.502 e. The summed E-state index contributed by atoms with van der Waals surface area (Å²) < 4.78 is 5.55. The Bertz CT molecular complexity index is 540. The molecule has 1 aliphatic rings. The van der Waals surface area contributed by atoms with E-state index in [1.807, 2.05) is 6.92 Å². The predicted octanol–water partition coefficient (Wildman–Crippen LogP) is 1.99. The molecule has 0 aromatic heterocycles. The van der Waals surface area contributed by atoms with Crippen molar-refractivity contribution in [1.82, 2.24) is 5.32 Å². The first-order valence-electron chi connectivity index (χ1n) is 6.93. The zero-order chi connectivity index (χ0) is 15.4. The summed E-state index contributed by atoms with van der Waals surface area (Å²) in [5.41, 5.74) is -0.575. The summed E-state index contributed by atoms with van der Waals surface area (Å²) in [6.45, 7) is 2.61. The van der Waals surface area contributed by atoms with Crippen molar-refractivity contribution in [2.24, 2.45) is 0 Å². The maximum atomic E-state index is 12.2. The number of nitro groups is 1. The second-order valence-corrected chi connectivity index (χ2v) is 4.97. The second-order valence-electron chi connectivity index (χ2n) is 4.97. The Hall–Kier alpha value is -2.15. The van der Waals surface area contributed by atoms with E-state index in [1.54, 1.807) is 0 Å². The number of ether oxygens (including phenoxy) is 1. The maximum absolute atomic E-state index is 12.2.